The minimum atomic E-state index is -1.75. The molecule has 3 rings (SSSR count). The third kappa shape index (κ3) is 3.86. The number of hydrogen-bond acceptors (Lipinski definition) is 1. The summed E-state index contributed by atoms with van der Waals surface area (Å²) >= 11 is 0. The van der Waals surface area contributed by atoms with Crippen LogP contribution in [0.1, 0.15) is 58.3 Å². The maximum atomic E-state index is 14.9. The molecule has 0 amide bonds. The minimum absolute atomic E-state index is 0.242. The van der Waals surface area contributed by atoms with Crippen molar-refractivity contribution in [3.8, 4) is 0 Å². The van der Waals surface area contributed by atoms with E-state index in [1.807, 2.05) is 0 Å². The minimum Gasteiger partial charge on any atom is -0.378 e. The first-order chi connectivity index (χ1) is 11.9. The van der Waals surface area contributed by atoms with Gasteiger partial charge in [-0.25, -0.2) is 17.6 Å². The number of rotatable bonds is 3. The second kappa shape index (κ2) is 8.14. The van der Waals surface area contributed by atoms with Crippen LogP contribution in [0.25, 0.3) is 0 Å². The van der Waals surface area contributed by atoms with E-state index >= 15 is 0 Å². The van der Waals surface area contributed by atoms with Crippen molar-refractivity contribution in [1.82, 2.24) is 0 Å². The van der Waals surface area contributed by atoms with Crippen LogP contribution < -0.4 is 0 Å². The zero-order valence-electron chi connectivity index (χ0n) is 15.4. The monoisotopic (exact) mass is 364 g/mol. The van der Waals surface area contributed by atoms with Crippen LogP contribution in [0.3, 0.4) is 0 Å². The summed E-state index contributed by atoms with van der Waals surface area (Å²) in [6.45, 7) is 2.21. The lowest BCUT2D eigenvalue weighted by molar-refractivity contribution is -0.0986. The van der Waals surface area contributed by atoms with Gasteiger partial charge in [0.1, 0.15) is 18.5 Å². The zero-order chi connectivity index (χ0) is 18.1. The second-order valence-corrected chi connectivity index (χ2v) is 8.72. The molecule has 5 heteroatoms. The number of ether oxygens (including phenoxy) is 1. The highest BCUT2D eigenvalue weighted by Crippen LogP contribution is 2.48. The Hall–Kier alpha value is -0.320. The van der Waals surface area contributed by atoms with Crippen LogP contribution in [0.5, 0.6) is 0 Å². The molecular formula is C20H32F4O. The maximum Gasteiger partial charge on any atom is 0.157 e. The van der Waals surface area contributed by atoms with Crippen LogP contribution in [0, 0.1) is 29.6 Å². The molecule has 3 aliphatic rings. The average Bonchev–Trinajstić information content (AvgIpc) is 2.61. The van der Waals surface area contributed by atoms with Crippen LogP contribution in [-0.4, -0.2) is 37.9 Å². The Morgan fingerprint density at radius 2 is 1.08 bits per heavy atom. The molecule has 0 heterocycles. The molecule has 3 aliphatic carbocycles. The van der Waals surface area contributed by atoms with Gasteiger partial charge in [0.05, 0.1) is 6.10 Å². The van der Waals surface area contributed by atoms with Crippen molar-refractivity contribution in [1.29, 1.82) is 0 Å². The standard InChI is InChI=1S/C20H32F4O/c1-11-3-5-12(6-4-11)13-7-8-14(18(22)17(13)21)15-9-10-16(25-2)20(24)19(15)23/h11-20H,3-10H2,1-2H3. The van der Waals surface area contributed by atoms with Crippen LogP contribution in [-0.2, 0) is 4.74 Å². The van der Waals surface area contributed by atoms with E-state index < -0.39 is 42.6 Å². The highest BCUT2D eigenvalue weighted by Gasteiger charge is 2.51. The molecule has 3 fully saturated rings. The molecule has 0 aromatic rings. The number of methoxy groups -OCH3 is 1. The van der Waals surface area contributed by atoms with E-state index in [1.54, 1.807) is 0 Å². The third-order valence-corrected chi connectivity index (χ3v) is 7.33. The SMILES string of the molecule is COC1CCC(C2CCC(C3CCC(C)CC3)C(F)C2F)C(F)C1F. The molecule has 0 bridgehead atoms. The molecule has 0 aromatic heterocycles. The van der Waals surface area contributed by atoms with E-state index in [9.17, 15) is 17.6 Å². The summed E-state index contributed by atoms with van der Waals surface area (Å²) in [5, 5.41) is 0. The molecular weight excluding hydrogens is 332 g/mol. The van der Waals surface area contributed by atoms with Gasteiger partial charge in [-0.3, -0.25) is 0 Å². The van der Waals surface area contributed by atoms with Crippen molar-refractivity contribution < 1.29 is 22.3 Å². The van der Waals surface area contributed by atoms with Crippen LogP contribution in [0.15, 0.2) is 0 Å². The van der Waals surface area contributed by atoms with E-state index in [2.05, 4.69) is 6.92 Å². The second-order valence-electron chi connectivity index (χ2n) is 8.72. The summed E-state index contributed by atoms with van der Waals surface area (Å²) < 4.78 is 63.4. The van der Waals surface area contributed by atoms with Crippen molar-refractivity contribution in [2.45, 2.75) is 89.1 Å². The fourth-order valence-electron chi connectivity index (χ4n) is 5.65. The number of hydrogen-bond donors (Lipinski definition) is 0. The summed E-state index contributed by atoms with van der Waals surface area (Å²) in [5.41, 5.74) is 0. The quantitative estimate of drug-likeness (QED) is 0.591. The van der Waals surface area contributed by atoms with Gasteiger partial charge in [0.15, 0.2) is 6.17 Å². The predicted octanol–water partition coefficient (Wildman–Crippen LogP) is 5.62. The average molecular weight is 364 g/mol. The van der Waals surface area contributed by atoms with Gasteiger partial charge in [-0.1, -0.05) is 19.8 Å². The third-order valence-electron chi connectivity index (χ3n) is 7.33. The van der Waals surface area contributed by atoms with Crippen molar-refractivity contribution >= 4 is 0 Å². The van der Waals surface area contributed by atoms with Crippen LogP contribution >= 0.6 is 0 Å². The Morgan fingerprint density at radius 1 is 0.600 bits per heavy atom. The summed E-state index contributed by atoms with van der Waals surface area (Å²) in [7, 11) is 1.37. The fourth-order valence-corrected chi connectivity index (χ4v) is 5.65. The van der Waals surface area contributed by atoms with E-state index in [1.165, 1.54) is 7.11 Å². The topological polar surface area (TPSA) is 9.23 Å². The first kappa shape index (κ1) is 19.4. The molecule has 0 spiro atoms. The van der Waals surface area contributed by atoms with Gasteiger partial charge >= 0.3 is 0 Å². The Bertz CT molecular complexity index is 426. The molecule has 0 radical (unpaired) electrons. The molecule has 0 aliphatic heterocycles. The first-order valence-corrected chi connectivity index (χ1v) is 10.0. The van der Waals surface area contributed by atoms with Crippen molar-refractivity contribution in [2.24, 2.45) is 29.6 Å². The van der Waals surface area contributed by atoms with Gasteiger partial charge in [-0.05, 0) is 68.1 Å². The summed E-state index contributed by atoms with van der Waals surface area (Å²) in [4.78, 5) is 0. The molecule has 8 atom stereocenters. The van der Waals surface area contributed by atoms with Crippen molar-refractivity contribution in [3.05, 3.63) is 0 Å². The molecule has 8 unspecified atom stereocenters. The lowest BCUT2D eigenvalue weighted by Crippen LogP contribution is -2.51. The zero-order valence-corrected chi connectivity index (χ0v) is 15.4. The number of halogens is 4. The molecule has 0 saturated heterocycles. The summed E-state index contributed by atoms with van der Waals surface area (Å²) in [6, 6.07) is 0. The van der Waals surface area contributed by atoms with Gasteiger partial charge < -0.3 is 4.74 Å². The molecule has 0 N–H and O–H groups in total. The molecule has 146 valence electrons. The highest BCUT2D eigenvalue weighted by atomic mass is 19.2. The smallest absolute Gasteiger partial charge is 0.157 e. The van der Waals surface area contributed by atoms with Gasteiger partial charge in [0.25, 0.3) is 0 Å². The molecule has 1 nitrogen and oxygen atoms in total. The molecule has 25 heavy (non-hydrogen) atoms. The van der Waals surface area contributed by atoms with Gasteiger partial charge in [-0.2, -0.15) is 0 Å². The Labute approximate surface area is 148 Å². The Balaban J connectivity index is 1.62. The molecule has 0 aromatic carbocycles. The van der Waals surface area contributed by atoms with E-state index in [-0.39, 0.29) is 11.8 Å². The van der Waals surface area contributed by atoms with Gasteiger partial charge in [0.2, 0.25) is 0 Å². The predicted molar refractivity (Wildman–Crippen MR) is 90.4 cm³/mol. The Morgan fingerprint density at radius 3 is 1.68 bits per heavy atom. The molecule has 3 saturated carbocycles. The highest BCUT2D eigenvalue weighted by molar-refractivity contribution is 4.99. The maximum absolute atomic E-state index is 14.9. The van der Waals surface area contributed by atoms with E-state index in [0.29, 0.717) is 31.6 Å². The largest absolute Gasteiger partial charge is 0.378 e. The van der Waals surface area contributed by atoms with Gasteiger partial charge in [0, 0.05) is 7.11 Å². The van der Waals surface area contributed by atoms with Crippen LogP contribution in [0.2, 0.25) is 0 Å². The number of alkyl halides is 4. The fraction of sp³-hybridized carbons (Fsp3) is 1.00. The van der Waals surface area contributed by atoms with Crippen LogP contribution in [0.4, 0.5) is 17.6 Å². The normalized spacial score (nSPS) is 52.1. The summed E-state index contributed by atoms with van der Waals surface area (Å²) in [6.07, 6.45) is -1.45. The van der Waals surface area contributed by atoms with Crippen molar-refractivity contribution in [2.75, 3.05) is 7.11 Å². The lowest BCUT2D eigenvalue weighted by Gasteiger charge is -2.45. The summed E-state index contributed by atoms with van der Waals surface area (Å²) in [5.74, 6) is -0.726. The first-order valence-electron chi connectivity index (χ1n) is 10.0. The lowest BCUT2D eigenvalue weighted by atomic mass is 9.63. The Kier molecular flexibility index (Phi) is 6.33. The van der Waals surface area contributed by atoms with E-state index in [4.69, 9.17) is 4.74 Å². The van der Waals surface area contributed by atoms with Crippen molar-refractivity contribution in [3.63, 3.8) is 0 Å². The van der Waals surface area contributed by atoms with E-state index in [0.717, 1.165) is 25.7 Å². The van der Waals surface area contributed by atoms with Gasteiger partial charge in [-0.15, -0.1) is 0 Å².